The molecular weight excluding hydrogens is 264 g/mol. The number of benzene rings is 1. The summed E-state index contributed by atoms with van der Waals surface area (Å²) < 4.78 is 0. The van der Waals surface area contributed by atoms with E-state index in [1.165, 1.54) is 0 Å². The number of hydrogen-bond acceptors (Lipinski definition) is 3. The molecule has 0 atom stereocenters. The van der Waals surface area contributed by atoms with Crippen LogP contribution in [0.4, 0.5) is 0 Å². The smallest absolute Gasteiger partial charge is 0.251 e. The summed E-state index contributed by atoms with van der Waals surface area (Å²) in [5, 5.41) is 21.0. The van der Waals surface area contributed by atoms with Gasteiger partial charge in [-0.05, 0) is 42.4 Å². The fourth-order valence-electron chi connectivity index (χ4n) is 2.34. The molecule has 1 amide bonds. The summed E-state index contributed by atoms with van der Waals surface area (Å²) in [5.74, 6) is -0.116. The van der Waals surface area contributed by atoms with Crippen LogP contribution in [0.15, 0.2) is 24.3 Å². The number of rotatable bonds is 6. The Kier molecular flexibility index (Phi) is 4.34. The van der Waals surface area contributed by atoms with Crippen molar-refractivity contribution in [3.05, 3.63) is 35.4 Å². The zero-order valence-electron chi connectivity index (χ0n) is 12.6. The van der Waals surface area contributed by atoms with Crippen molar-refractivity contribution in [1.82, 2.24) is 5.32 Å². The highest BCUT2D eigenvalue weighted by molar-refractivity contribution is 5.94. The number of aliphatic hydroxyl groups is 1. The van der Waals surface area contributed by atoms with E-state index >= 15 is 0 Å². The molecule has 0 radical (unpaired) electrons. The van der Waals surface area contributed by atoms with Crippen LogP contribution in [0.2, 0.25) is 0 Å². The van der Waals surface area contributed by atoms with Crippen molar-refractivity contribution in [1.29, 1.82) is 5.26 Å². The summed E-state index contributed by atoms with van der Waals surface area (Å²) in [7, 11) is 0. The van der Waals surface area contributed by atoms with Gasteiger partial charge in [-0.1, -0.05) is 26.0 Å². The lowest BCUT2D eigenvalue weighted by atomic mass is 9.89. The Morgan fingerprint density at radius 2 is 2.00 bits per heavy atom. The quantitative estimate of drug-likeness (QED) is 0.843. The second-order valence-electron chi connectivity index (χ2n) is 6.59. The summed E-state index contributed by atoms with van der Waals surface area (Å²) in [4.78, 5) is 12.1. The van der Waals surface area contributed by atoms with Crippen LogP contribution in [0, 0.1) is 16.7 Å². The second kappa shape index (κ2) is 5.87. The van der Waals surface area contributed by atoms with Gasteiger partial charge in [0.1, 0.15) is 0 Å². The second-order valence-corrected chi connectivity index (χ2v) is 6.59. The molecule has 0 unspecified atom stereocenters. The number of carbonyl (C=O) groups is 1. The Labute approximate surface area is 125 Å². The molecule has 0 aliphatic heterocycles. The van der Waals surface area contributed by atoms with Crippen LogP contribution >= 0.6 is 0 Å². The van der Waals surface area contributed by atoms with Crippen LogP contribution in [0.25, 0.3) is 0 Å². The lowest BCUT2D eigenvalue weighted by Crippen LogP contribution is -2.34. The summed E-state index contributed by atoms with van der Waals surface area (Å²) in [6, 6.07) is 9.67. The van der Waals surface area contributed by atoms with Gasteiger partial charge in [0.05, 0.1) is 11.5 Å². The highest BCUT2D eigenvalue weighted by atomic mass is 16.3. The van der Waals surface area contributed by atoms with Crippen LogP contribution in [0.5, 0.6) is 0 Å². The SMILES string of the molecule is CC(C)(CCO)CNC(=O)c1ccc(C2(C#N)CC2)cc1. The highest BCUT2D eigenvalue weighted by Crippen LogP contribution is 2.47. The fraction of sp³-hybridized carbons (Fsp3) is 0.529. The molecule has 1 fully saturated rings. The first-order chi connectivity index (χ1) is 9.92. The van der Waals surface area contributed by atoms with E-state index in [2.05, 4.69) is 11.4 Å². The van der Waals surface area contributed by atoms with E-state index in [9.17, 15) is 4.79 Å². The molecule has 0 spiro atoms. The first-order valence-electron chi connectivity index (χ1n) is 7.33. The molecule has 4 nitrogen and oxygen atoms in total. The lowest BCUT2D eigenvalue weighted by molar-refractivity contribution is 0.0928. The molecule has 1 saturated carbocycles. The number of carbonyl (C=O) groups excluding carboxylic acids is 1. The van der Waals surface area contributed by atoms with E-state index < -0.39 is 0 Å². The zero-order chi connectivity index (χ0) is 15.5. The summed E-state index contributed by atoms with van der Waals surface area (Å²) >= 11 is 0. The van der Waals surface area contributed by atoms with Gasteiger partial charge in [-0.25, -0.2) is 0 Å². The maximum absolute atomic E-state index is 12.1. The van der Waals surface area contributed by atoms with Gasteiger partial charge in [0.25, 0.3) is 5.91 Å². The van der Waals surface area contributed by atoms with Gasteiger partial charge in [-0.15, -0.1) is 0 Å². The topological polar surface area (TPSA) is 73.1 Å². The van der Waals surface area contributed by atoms with Crippen molar-refractivity contribution in [3.63, 3.8) is 0 Å². The third-order valence-electron chi connectivity index (χ3n) is 4.18. The van der Waals surface area contributed by atoms with Crippen molar-refractivity contribution < 1.29 is 9.90 Å². The Morgan fingerprint density at radius 1 is 1.38 bits per heavy atom. The molecule has 1 aliphatic rings. The van der Waals surface area contributed by atoms with Crippen molar-refractivity contribution in [2.45, 2.75) is 38.5 Å². The molecule has 112 valence electrons. The molecule has 4 heteroatoms. The molecule has 0 bridgehead atoms. The average Bonchev–Trinajstić information content (AvgIpc) is 3.26. The zero-order valence-corrected chi connectivity index (χ0v) is 12.6. The van der Waals surface area contributed by atoms with Gasteiger partial charge in [0.15, 0.2) is 0 Å². The number of amides is 1. The van der Waals surface area contributed by atoms with E-state index in [0.29, 0.717) is 18.5 Å². The Hall–Kier alpha value is -1.86. The van der Waals surface area contributed by atoms with E-state index in [0.717, 1.165) is 18.4 Å². The number of hydrogen-bond donors (Lipinski definition) is 2. The monoisotopic (exact) mass is 286 g/mol. The number of nitrogens with zero attached hydrogens (tertiary/aromatic N) is 1. The van der Waals surface area contributed by atoms with E-state index in [4.69, 9.17) is 10.4 Å². The fourth-order valence-corrected chi connectivity index (χ4v) is 2.34. The van der Waals surface area contributed by atoms with Crippen molar-refractivity contribution in [2.24, 2.45) is 5.41 Å². The molecule has 21 heavy (non-hydrogen) atoms. The molecule has 1 aromatic rings. The first kappa shape index (κ1) is 15.5. The molecule has 1 aromatic carbocycles. The number of nitrogens with one attached hydrogen (secondary N) is 1. The van der Waals surface area contributed by atoms with Gasteiger partial charge in [-0.2, -0.15) is 5.26 Å². The van der Waals surface area contributed by atoms with Gasteiger partial charge >= 0.3 is 0 Å². The summed E-state index contributed by atoms with van der Waals surface area (Å²) in [6.07, 6.45) is 2.46. The van der Waals surface area contributed by atoms with Crippen LogP contribution in [0.1, 0.15) is 49.0 Å². The average molecular weight is 286 g/mol. The van der Waals surface area contributed by atoms with Gasteiger partial charge < -0.3 is 10.4 Å². The Balaban J connectivity index is 1.96. The molecule has 0 aromatic heterocycles. The minimum atomic E-state index is -0.307. The minimum absolute atomic E-state index is 0.116. The largest absolute Gasteiger partial charge is 0.396 e. The normalized spacial score (nSPS) is 16.1. The van der Waals surface area contributed by atoms with Crippen LogP contribution in [-0.2, 0) is 5.41 Å². The molecule has 2 N–H and O–H groups in total. The summed E-state index contributed by atoms with van der Waals surface area (Å²) in [5.41, 5.74) is 1.18. The third kappa shape index (κ3) is 3.62. The van der Waals surface area contributed by atoms with Crippen molar-refractivity contribution in [2.75, 3.05) is 13.2 Å². The summed E-state index contributed by atoms with van der Waals surface area (Å²) in [6.45, 7) is 4.66. The standard InChI is InChI=1S/C17H22N2O2/c1-16(2,9-10-20)12-19-15(21)13-3-5-14(6-4-13)17(11-18)7-8-17/h3-6,20H,7-10,12H2,1-2H3,(H,19,21). The first-order valence-corrected chi connectivity index (χ1v) is 7.33. The lowest BCUT2D eigenvalue weighted by Gasteiger charge is -2.23. The molecule has 0 heterocycles. The minimum Gasteiger partial charge on any atom is -0.396 e. The third-order valence-corrected chi connectivity index (χ3v) is 4.18. The Morgan fingerprint density at radius 3 is 2.48 bits per heavy atom. The Bertz CT molecular complexity index is 551. The number of aliphatic hydroxyl groups excluding tert-OH is 1. The molecule has 1 aliphatic carbocycles. The molecular formula is C17H22N2O2. The van der Waals surface area contributed by atoms with Gasteiger partial charge in [-0.3, -0.25) is 4.79 Å². The van der Waals surface area contributed by atoms with Gasteiger partial charge in [0, 0.05) is 18.7 Å². The van der Waals surface area contributed by atoms with Crippen molar-refractivity contribution in [3.8, 4) is 6.07 Å². The van der Waals surface area contributed by atoms with Gasteiger partial charge in [0.2, 0.25) is 0 Å². The highest BCUT2D eigenvalue weighted by Gasteiger charge is 2.44. The van der Waals surface area contributed by atoms with E-state index in [1.54, 1.807) is 12.1 Å². The van der Waals surface area contributed by atoms with Crippen LogP contribution < -0.4 is 5.32 Å². The van der Waals surface area contributed by atoms with Crippen LogP contribution in [0.3, 0.4) is 0 Å². The predicted molar refractivity (Wildman–Crippen MR) is 80.8 cm³/mol. The van der Waals surface area contributed by atoms with E-state index in [1.807, 2.05) is 26.0 Å². The number of nitriles is 1. The predicted octanol–water partition coefficient (Wildman–Crippen LogP) is 2.38. The van der Waals surface area contributed by atoms with E-state index in [-0.39, 0.29) is 23.3 Å². The molecule has 0 saturated heterocycles. The maximum atomic E-state index is 12.1. The molecule has 2 rings (SSSR count). The van der Waals surface area contributed by atoms with Crippen LogP contribution in [-0.4, -0.2) is 24.2 Å². The maximum Gasteiger partial charge on any atom is 0.251 e. The van der Waals surface area contributed by atoms with Crippen molar-refractivity contribution >= 4 is 5.91 Å².